The van der Waals surface area contributed by atoms with Gasteiger partial charge >= 0.3 is 0 Å². The molecule has 0 aliphatic heterocycles. The Balaban J connectivity index is 2.09. The highest BCUT2D eigenvalue weighted by Crippen LogP contribution is 2.24. The molecule has 0 spiro atoms. The Kier molecular flexibility index (Phi) is 8.30. The zero-order valence-electron chi connectivity index (χ0n) is 12.2. The molecule has 3 N–H and O–H groups in total. The summed E-state index contributed by atoms with van der Waals surface area (Å²) in [5.41, 5.74) is 0. The summed E-state index contributed by atoms with van der Waals surface area (Å²) in [5.74, 6) is 1.24. The molecule has 0 aromatic rings. The van der Waals surface area contributed by atoms with Crippen LogP contribution in [0.25, 0.3) is 0 Å². The lowest BCUT2D eigenvalue weighted by molar-refractivity contribution is 0.0111. The molecule has 4 atom stereocenters. The van der Waals surface area contributed by atoms with Crippen LogP contribution < -0.4 is 5.32 Å². The van der Waals surface area contributed by atoms with Crippen LogP contribution in [0.1, 0.15) is 33.1 Å². The van der Waals surface area contributed by atoms with Gasteiger partial charge in [0.25, 0.3) is 0 Å². The molecule has 0 aromatic carbocycles. The molecular weight excluding hydrogens is 242 g/mol. The van der Waals surface area contributed by atoms with E-state index in [9.17, 15) is 5.11 Å². The maximum absolute atomic E-state index is 9.80. The molecule has 1 aliphatic rings. The molecule has 4 heteroatoms. The summed E-state index contributed by atoms with van der Waals surface area (Å²) >= 11 is 0. The van der Waals surface area contributed by atoms with Gasteiger partial charge < -0.3 is 20.3 Å². The van der Waals surface area contributed by atoms with Crippen LogP contribution in [0, 0.1) is 11.8 Å². The molecule has 0 saturated carbocycles. The van der Waals surface area contributed by atoms with Crippen molar-refractivity contribution in [3.8, 4) is 0 Å². The van der Waals surface area contributed by atoms with Gasteiger partial charge in [0.2, 0.25) is 0 Å². The third-order valence-corrected chi connectivity index (χ3v) is 3.92. The summed E-state index contributed by atoms with van der Waals surface area (Å²) in [6, 6.07) is 0.0677. The van der Waals surface area contributed by atoms with Gasteiger partial charge in [-0.2, -0.15) is 0 Å². The van der Waals surface area contributed by atoms with Crippen molar-refractivity contribution >= 4 is 0 Å². The zero-order chi connectivity index (χ0) is 14.1. The minimum Gasteiger partial charge on any atom is -0.395 e. The van der Waals surface area contributed by atoms with E-state index in [0.717, 1.165) is 25.9 Å². The van der Waals surface area contributed by atoms with E-state index in [4.69, 9.17) is 9.84 Å². The Bertz CT molecular complexity index is 254. The molecule has 0 amide bonds. The van der Waals surface area contributed by atoms with Crippen LogP contribution in [0.15, 0.2) is 12.2 Å². The summed E-state index contributed by atoms with van der Waals surface area (Å²) in [6.07, 6.45) is 7.02. The van der Waals surface area contributed by atoms with E-state index in [1.807, 2.05) is 6.92 Å². The summed E-state index contributed by atoms with van der Waals surface area (Å²) in [7, 11) is 0. The van der Waals surface area contributed by atoms with Gasteiger partial charge in [-0.3, -0.25) is 0 Å². The maximum atomic E-state index is 9.80. The van der Waals surface area contributed by atoms with Crippen molar-refractivity contribution in [3.05, 3.63) is 12.2 Å². The summed E-state index contributed by atoms with van der Waals surface area (Å²) in [4.78, 5) is 0. The number of nitrogens with one attached hydrogen (secondary N) is 1. The third kappa shape index (κ3) is 6.52. The average molecular weight is 271 g/mol. The smallest absolute Gasteiger partial charge is 0.0897 e. The number of aliphatic hydroxyl groups excluding tert-OH is 2. The Morgan fingerprint density at radius 3 is 2.74 bits per heavy atom. The van der Waals surface area contributed by atoms with E-state index >= 15 is 0 Å². The first-order chi connectivity index (χ1) is 9.17. The number of aliphatic hydroxyl groups is 2. The molecule has 0 bridgehead atoms. The minimum atomic E-state index is -0.505. The average Bonchev–Trinajstić information content (AvgIpc) is 2.42. The van der Waals surface area contributed by atoms with Crippen molar-refractivity contribution in [2.24, 2.45) is 11.8 Å². The van der Waals surface area contributed by atoms with Gasteiger partial charge in [-0.15, -0.1) is 0 Å². The molecule has 0 aromatic heterocycles. The molecule has 0 saturated heterocycles. The molecule has 112 valence electrons. The molecule has 1 aliphatic carbocycles. The number of allylic oxidation sites excluding steroid dienone is 2. The Labute approximate surface area is 116 Å². The highest BCUT2D eigenvalue weighted by Gasteiger charge is 2.18. The summed E-state index contributed by atoms with van der Waals surface area (Å²) in [5, 5.41) is 22.0. The Morgan fingerprint density at radius 2 is 2.11 bits per heavy atom. The van der Waals surface area contributed by atoms with E-state index < -0.39 is 6.10 Å². The van der Waals surface area contributed by atoms with Crippen molar-refractivity contribution in [2.75, 3.05) is 26.4 Å². The van der Waals surface area contributed by atoms with E-state index in [1.54, 1.807) is 0 Å². The fourth-order valence-corrected chi connectivity index (χ4v) is 2.29. The monoisotopic (exact) mass is 271 g/mol. The van der Waals surface area contributed by atoms with Crippen molar-refractivity contribution in [2.45, 2.75) is 45.3 Å². The molecule has 0 fully saturated rings. The molecule has 4 nitrogen and oxygen atoms in total. The highest BCUT2D eigenvalue weighted by atomic mass is 16.5. The number of hydrogen-bond acceptors (Lipinski definition) is 4. The Morgan fingerprint density at radius 1 is 1.37 bits per heavy atom. The van der Waals surface area contributed by atoms with E-state index in [-0.39, 0.29) is 12.6 Å². The second-order valence-electron chi connectivity index (χ2n) is 5.57. The number of ether oxygens (including phenoxy) is 1. The lowest BCUT2D eigenvalue weighted by Crippen LogP contribution is -2.39. The van der Waals surface area contributed by atoms with Gasteiger partial charge in [-0.1, -0.05) is 26.0 Å². The van der Waals surface area contributed by atoms with Gasteiger partial charge in [-0.05, 0) is 31.1 Å². The third-order valence-electron chi connectivity index (χ3n) is 3.92. The SMILES string of the molecule is CCC(CO)NCC(O)COCC1CC=CCC1C. The summed E-state index contributed by atoms with van der Waals surface area (Å²) < 4.78 is 5.62. The Hall–Kier alpha value is -0.420. The van der Waals surface area contributed by atoms with Crippen LogP contribution in [0.2, 0.25) is 0 Å². The van der Waals surface area contributed by atoms with Crippen LogP contribution in [0.4, 0.5) is 0 Å². The van der Waals surface area contributed by atoms with Crippen LogP contribution in [-0.4, -0.2) is 48.7 Å². The van der Waals surface area contributed by atoms with Crippen molar-refractivity contribution in [3.63, 3.8) is 0 Å². The quantitative estimate of drug-likeness (QED) is 0.554. The second-order valence-corrected chi connectivity index (χ2v) is 5.57. The molecule has 1 rings (SSSR count). The van der Waals surface area contributed by atoms with Gasteiger partial charge in [0.1, 0.15) is 0 Å². The minimum absolute atomic E-state index is 0.0677. The molecule has 0 heterocycles. The maximum Gasteiger partial charge on any atom is 0.0897 e. The lowest BCUT2D eigenvalue weighted by Gasteiger charge is -2.25. The van der Waals surface area contributed by atoms with E-state index in [2.05, 4.69) is 24.4 Å². The molecule has 4 unspecified atom stereocenters. The predicted molar refractivity (Wildman–Crippen MR) is 77.0 cm³/mol. The van der Waals surface area contributed by atoms with Gasteiger partial charge in [-0.25, -0.2) is 0 Å². The molecule has 0 radical (unpaired) electrons. The standard InChI is InChI=1S/C15H29NO3/c1-3-14(9-17)16-8-15(18)11-19-10-13-7-5-4-6-12(13)2/h4-5,12-18H,3,6-11H2,1-2H3. The van der Waals surface area contributed by atoms with Crippen molar-refractivity contribution in [1.29, 1.82) is 0 Å². The first-order valence-corrected chi connectivity index (χ1v) is 7.42. The molecule has 19 heavy (non-hydrogen) atoms. The van der Waals surface area contributed by atoms with E-state index in [0.29, 0.717) is 25.0 Å². The van der Waals surface area contributed by atoms with E-state index in [1.165, 1.54) is 0 Å². The topological polar surface area (TPSA) is 61.7 Å². The number of rotatable bonds is 9. The van der Waals surface area contributed by atoms with Gasteiger partial charge in [0.05, 0.1) is 25.9 Å². The van der Waals surface area contributed by atoms with Crippen LogP contribution in [-0.2, 0) is 4.74 Å². The molecular formula is C15H29NO3. The van der Waals surface area contributed by atoms with Gasteiger partial charge in [0.15, 0.2) is 0 Å². The van der Waals surface area contributed by atoms with Crippen LogP contribution in [0.5, 0.6) is 0 Å². The second kappa shape index (κ2) is 9.48. The zero-order valence-corrected chi connectivity index (χ0v) is 12.2. The van der Waals surface area contributed by atoms with Crippen molar-refractivity contribution < 1.29 is 14.9 Å². The fraction of sp³-hybridized carbons (Fsp3) is 0.867. The first kappa shape index (κ1) is 16.6. The van der Waals surface area contributed by atoms with Crippen LogP contribution >= 0.6 is 0 Å². The highest BCUT2D eigenvalue weighted by molar-refractivity contribution is 4.93. The lowest BCUT2D eigenvalue weighted by atomic mass is 9.85. The van der Waals surface area contributed by atoms with Crippen molar-refractivity contribution in [1.82, 2.24) is 5.32 Å². The number of hydrogen-bond donors (Lipinski definition) is 3. The largest absolute Gasteiger partial charge is 0.395 e. The van der Waals surface area contributed by atoms with Crippen LogP contribution in [0.3, 0.4) is 0 Å². The van der Waals surface area contributed by atoms with Gasteiger partial charge in [0, 0.05) is 12.6 Å². The summed E-state index contributed by atoms with van der Waals surface area (Å²) in [6.45, 7) is 5.92. The predicted octanol–water partition coefficient (Wildman–Crippen LogP) is 1.33. The first-order valence-electron chi connectivity index (χ1n) is 7.42. The fourth-order valence-electron chi connectivity index (χ4n) is 2.29. The normalized spacial score (nSPS) is 26.3.